The van der Waals surface area contributed by atoms with Crippen molar-refractivity contribution < 1.29 is 22.6 Å². The second-order valence-corrected chi connectivity index (χ2v) is 6.60. The number of methoxy groups -OCH3 is 1. The van der Waals surface area contributed by atoms with Crippen molar-refractivity contribution in [2.75, 3.05) is 19.5 Å². The van der Waals surface area contributed by atoms with Gasteiger partial charge in [0.1, 0.15) is 18.1 Å². The summed E-state index contributed by atoms with van der Waals surface area (Å²) in [6, 6.07) is 10.1. The van der Waals surface area contributed by atoms with E-state index in [4.69, 9.17) is 21.1 Å². The van der Waals surface area contributed by atoms with Crippen LogP contribution in [0, 0.1) is 0 Å². The standard InChI is InChI=1S/C18H16ClF3O2S/c1-12(11-25-15-7-8-17(23-2)16(19)9-15)10-24-14-5-3-13(4-6-14)18(20,21)22/h3-9H,1,10-11H2,2H3. The van der Waals surface area contributed by atoms with Crippen molar-refractivity contribution >= 4 is 23.4 Å². The average molecular weight is 389 g/mol. The Morgan fingerprint density at radius 1 is 1.16 bits per heavy atom. The van der Waals surface area contributed by atoms with Crippen LogP contribution in [0.3, 0.4) is 0 Å². The number of halogens is 4. The summed E-state index contributed by atoms with van der Waals surface area (Å²) in [5, 5.41) is 0.527. The fourth-order valence-corrected chi connectivity index (χ4v) is 3.03. The molecule has 2 aromatic carbocycles. The molecule has 2 nitrogen and oxygen atoms in total. The van der Waals surface area contributed by atoms with Crippen molar-refractivity contribution in [3.63, 3.8) is 0 Å². The lowest BCUT2D eigenvalue weighted by molar-refractivity contribution is -0.137. The molecular weight excluding hydrogens is 373 g/mol. The zero-order chi connectivity index (χ0) is 18.4. The summed E-state index contributed by atoms with van der Waals surface area (Å²) in [5.74, 6) is 1.57. The van der Waals surface area contributed by atoms with Crippen LogP contribution in [-0.4, -0.2) is 19.5 Å². The molecule has 0 spiro atoms. The molecule has 0 radical (unpaired) electrons. The van der Waals surface area contributed by atoms with E-state index in [1.165, 1.54) is 23.9 Å². The van der Waals surface area contributed by atoms with Crippen molar-refractivity contribution in [2.45, 2.75) is 11.1 Å². The van der Waals surface area contributed by atoms with E-state index < -0.39 is 11.7 Å². The quantitative estimate of drug-likeness (QED) is 0.422. The number of thioether (sulfide) groups is 1. The summed E-state index contributed by atoms with van der Waals surface area (Å²) in [4.78, 5) is 0.960. The van der Waals surface area contributed by atoms with Crippen molar-refractivity contribution in [1.82, 2.24) is 0 Å². The molecule has 0 aliphatic carbocycles. The summed E-state index contributed by atoms with van der Waals surface area (Å²) in [7, 11) is 1.55. The molecule has 0 atom stereocenters. The number of alkyl halides is 3. The second kappa shape index (κ2) is 8.54. The van der Waals surface area contributed by atoms with Gasteiger partial charge in [-0.3, -0.25) is 0 Å². The Kier molecular flexibility index (Phi) is 6.67. The lowest BCUT2D eigenvalue weighted by Gasteiger charge is -2.11. The molecule has 0 N–H and O–H groups in total. The van der Waals surface area contributed by atoms with Gasteiger partial charge in [-0.2, -0.15) is 13.2 Å². The molecule has 0 aliphatic rings. The first kappa shape index (κ1) is 19.5. The van der Waals surface area contributed by atoms with Crippen LogP contribution in [0.1, 0.15) is 5.56 Å². The van der Waals surface area contributed by atoms with E-state index in [1.807, 2.05) is 6.07 Å². The van der Waals surface area contributed by atoms with Crippen LogP contribution in [0.15, 0.2) is 59.5 Å². The number of rotatable bonds is 7. The summed E-state index contributed by atoms with van der Waals surface area (Å²) in [6.07, 6.45) is -4.35. The van der Waals surface area contributed by atoms with E-state index in [9.17, 15) is 13.2 Å². The Balaban J connectivity index is 1.82. The van der Waals surface area contributed by atoms with E-state index >= 15 is 0 Å². The van der Waals surface area contributed by atoms with Crippen molar-refractivity contribution in [2.24, 2.45) is 0 Å². The molecule has 7 heteroatoms. The minimum atomic E-state index is -4.35. The van der Waals surface area contributed by atoms with E-state index in [0.717, 1.165) is 22.6 Å². The van der Waals surface area contributed by atoms with Gasteiger partial charge in [-0.15, -0.1) is 11.8 Å². The molecule has 2 rings (SSSR count). The maximum absolute atomic E-state index is 12.5. The monoisotopic (exact) mass is 388 g/mol. The molecule has 25 heavy (non-hydrogen) atoms. The highest BCUT2D eigenvalue weighted by Gasteiger charge is 2.29. The zero-order valence-corrected chi connectivity index (χ0v) is 15.0. The van der Waals surface area contributed by atoms with Gasteiger partial charge in [0.25, 0.3) is 0 Å². The summed E-state index contributed by atoms with van der Waals surface area (Å²) < 4.78 is 48.0. The lowest BCUT2D eigenvalue weighted by atomic mass is 10.2. The molecule has 0 heterocycles. The Labute approximate surface area is 153 Å². The van der Waals surface area contributed by atoms with Crippen molar-refractivity contribution in [3.05, 3.63) is 65.2 Å². The van der Waals surface area contributed by atoms with E-state index in [0.29, 0.717) is 22.3 Å². The second-order valence-electron chi connectivity index (χ2n) is 5.15. The SMILES string of the molecule is C=C(COc1ccc(C(F)(F)F)cc1)CSc1ccc(OC)c(Cl)c1. The normalized spacial score (nSPS) is 11.2. The summed E-state index contributed by atoms with van der Waals surface area (Å²) in [5.41, 5.74) is 0.0995. The summed E-state index contributed by atoms with van der Waals surface area (Å²) >= 11 is 7.60. The predicted molar refractivity (Wildman–Crippen MR) is 94.8 cm³/mol. The largest absolute Gasteiger partial charge is 0.495 e. The molecule has 0 bridgehead atoms. The van der Waals surface area contributed by atoms with Crippen LogP contribution in [0.25, 0.3) is 0 Å². The van der Waals surface area contributed by atoms with Crippen LogP contribution in [0.4, 0.5) is 13.2 Å². The summed E-state index contributed by atoms with van der Waals surface area (Å²) in [6.45, 7) is 4.14. The first-order chi connectivity index (χ1) is 11.8. The van der Waals surface area contributed by atoms with Gasteiger partial charge in [0.05, 0.1) is 17.7 Å². The number of ether oxygens (including phenoxy) is 2. The van der Waals surface area contributed by atoms with Gasteiger partial charge < -0.3 is 9.47 Å². The van der Waals surface area contributed by atoms with Crippen LogP contribution in [-0.2, 0) is 6.18 Å². The van der Waals surface area contributed by atoms with Gasteiger partial charge >= 0.3 is 6.18 Å². The molecule has 134 valence electrons. The molecule has 0 saturated heterocycles. The highest BCUT2D eigenvalue weighted by atomic mass is 35.5. The topological polar surface area (TPSA) is 18.5 Å². The molecule has 0 saturated carbocycles. The Morgan fingerprint density at radius 3 is 2.40 bits per heavy atom. The van der Waals surface area contributed by atoms with Crippen LogP contribution in [0.5, 0.6) is 11.5 Å². The highest BCUT2D eigenvalue weighted by Crippen LogP contribution is 2.31. The van der Waals surface area contributed by atoms with Crippen molar-refractivity contribution in [1.29, 1.82) is 0 Å². The van der Waals surface area contributed by atoms with Crippen LogP contribution >= 0.6 is 23.4 Å². The Morgan fingerprint density at radius 2 is 1.84 bits per heavy atom. The zero-order valence-electron chi connectivity index (χ0n) is 13.4. The van der Waals surface area contributed by atoms with Crippen LogP contribution in [0.2, 0.25) is 5.02 Å². The number of benzene rings is 2. The third kappa shape index (κ3) is 5.90. The minimum absolute atomic E-state index is 0.224. The van der Waals surface area contributed by atoms with Gasteiger partial charge in [0.2, 0.25) is 0 Å². The van der Waals surface area contributed by atoms with Gasteiger partial charge in [-0.05, 0) is 48.0 Å². The third-order valence-electron chi connectivity index (χ3n) is 3.19. The maximum atomic E-state index is 12.5. The predicted octanol–water partition coefficient (Wildman–Crippen LogP) is 6.09. The molecular formula is C18H16ClF3O2S. The molecule has 0 unspecified atom stereocenters. The Hall–Kier alpha value is -1.79. The van der Waals surface area contributed by atoms with Gasteiger partial charge in [0, 0.05) is 10.6 Å². The maximum Gasteiger partial charge on any atom is 0.416 e. The molecule has 0 aliphatic heterocycles. The van der Waals surface area contributed by atoms with E-state index in [1.54, 1.807) is 19.2 Å². The molecule has 0 amide bonds. The lowest BCUT2D eigenvalue weighted by Crippen LogP contribution is -2.05. The number of hydrogen-bond donors (Lipinski definition) is 0. The van der Waals surface area contributed by atoms with Crippen LogP contribution < -0.4 is 9.47 Å². The third-order valence-corrected chi connectivity index (χ3v) is 4.63. The first-order valence-corrected chi connectivity index (χ1v) is 8.59. The Bertz CT molecular complexity index is 730. The average Bonchev–Trinajstić information content (AvgIpc) is 2.58. The van der Waals surface area contributed by atoms with E-state index in [-0.39, 0.29) is 6.61 Å². The fourth-order valence-electron chi connectivity index (χ4n) is 1.89. The fraction of sp³-hybridized carbons (Fsp3) is 0.222. The smallest absolute Gasteiger partial charge is 0.416 e. The van der Waals surface area contributed by atoms with Crippen molar-refractivity contribution in [3.8, 4) is 11.5 Å². The molecule has 2 aromatic rings. The molecule has 0 fully saturated rings. The molecule has 0 aromatic heterocycles. The van der Waals surface area contributed by atoms with Gasteiger partial charge in [-0.25, -0.2) is 0 Å². The highest BCUT2D eigenvalue weighted by molar-refractivity contribution is 7.99. The minimum Gasteiger partial charge on any atom is -0.495 e. The van der Waals surface area contributed by atoms with Gasteiger partial charge in [-0.1, -0.05) is 18.2 Å². The van der Waals surface area contributed by atoms with E-state index in [2.05, 4.69) is 6.58 Å². The number of hydrogen-bond acceptors (Lipinski definition) is 3. The first-order valence-electron chi connectivity index (χ1n) is 7.22. The van der Waals surface area contributed by atoms with Gasteiger partial charge in [0.15, 0.2) is 0 Å².